The van der Waals surface area contributed by atoms with Crippen LogP contribution in [-0.2, 0) is 4.79 Å². The summed E-state index contributed by atoms with van der Waals surface area (Å²) >= 11 is 0. The third kappa shape index (κ3) is 7.13. The van der Waals surface area contributed by atoms with Gasteiger partial charge in [-0.3, -0.25) is 14.6 Å². The molecule has 0 aliphatic heterocycles. The molecule has 2 aromatic rings. The van der Waals surface area contributed by atoms with E-state index in [0.717, 1.165) is 31.9 Å². The molecule has 174 valence electrons. The fourth-order valence-electron chi connectivity index (χ4n) is 3.87. The molecule has 33 heavy (non-hydrogen) atoms. The van der Waals surface area contributed by atoms with Gasteiger partial charge in [-0.15, -0.1) is 0 Å². The van der Waals surface area contributed by atoms with Gasteiger partial charge in [-0.1, -0.05) is 31.7 Å². The monoisotopic (exact) mass is 452 g/mol. The average molecular weight is 453 g/mol. The van der Waals surface area contributed by atoms with E-state index in [1.807, 2.05) is 0 Å². The van der Waals surface area contributed by atoms with Crippen molar-refractivity contribution in [1.29, 1.82) is 0 Å². The van der Waals surface area contributed by atoms with E-state index < -0.39 is 11.9 Å². The number of pyridine rings is 1. The summed E-state index contributed by atoms with van der Waals surface area (Å²) in [6.45, 7) is 0. The summed E-state index contributed by atoms with van der Waals surface area (Å²) in [5, 5.41) is 8.64. The fourth-order valence-corrected chi connectivity index (χ4v) is 3.87. The Bertz CT molecular complexity index is 1020. The van der Waals surface area contributed by atoms with Gasteiger partial charge in [0.2, 0.25) is 5.91 Å². The number of benzene rings is 1. The lowest BCUT2D eigenvalue weighted by Gasteiger charge is -2.22. The number of allylic oxidation sites excluding steroid dienone is 1. The van der Waals surface area contributed by atoms with E-state index in [0.29, 0.717) is 35.1 Å². The number of aromatic nitrogens is 1. The molecule has 0 radical (unpaired) electrons. The molecule has 1 aliphatic rings. The zero-order valence-corrected chi connectivity index (χ0v) is 18.6. The Hall–Kier alpha value is -3.75. The molecule has 1 fully saturated rings. The number of anilines is 2. The molecule has 3 rings (SSSR count). The third-order valence-electron chi connectivity index (χ3n) is 5.51. The molecule has 0 saturated heterocycles. The van der Waals surface area contributed by atoms with Crippen LogP contribution >= 0.6 is 0 Å². The van der Waals surface area contributed by atoms with Crippen molar-refractivity contribution < 1.29 is 14.0 Å². The van der Waals surface area contributed by atoms with Crippen LogP contribution in [0, 0.1) is 11.7 Å². The van der Waals surface area contributed by atoms with E-state index in [-0.39, 0.29) is 11.8 Å². The number of nitrogens with one attached hydrogen (secondary N) is 3. The van der Waals surface area contributed by atoms with Crippen LogP contribution in [-0.4, -0.2) is 36.1 Å². The lowest BCUT2D eigenvalue weighted by molar-refractivity contribution is -0.122. The topological polar surface area (TPSA) is 121 Å². The van der Waals surface area contributed by atoms with E-state index in [2.05, 4.69) is 25.9 Å². The molecule has 5 N–H and O–H groups in total. The smallest absolute Gasteiger partial charge is 0.252 e. The number of nitrogens with zero attached hydrogens (tertiary/aromatic N) is 2. The van der Waals surface area contributed by atoms with Crippen LogP contribution in [0.25, 0.3) is 0 Å². The molecule has 1 aromatic heterocycles. The fraction of sp³-hybridized carbons (Fsp3) is 0.333. The molecule has 0 bridgehead atoms. The van der Waals surface area contributed by atoms with Crippen molar-refractivity contribution in [2.45, 2.75) is 38.1 Å². The number of nitrogens with two attached hydrogens (primary N) is 1. The first-order chi connectivity index (χ1) is 16.0. The third-order valence-corrected chi connectivity index (χ3v) is 5.51. The van der Waals surface area contributed by atoms with Crippen LogP contribution in [0.4, 0.5) is 15.9 Å². The van der Waals surface area contributed by atoms with Gasteiger partial charge < -0.3 is 21.7 Å². The van der Waals surface area contributed by atoms with Crippen LogP contribution < -0.4 is 21.7 Å². The largest absolute Gasteiger partial charge is 0.403 e. The summed E-state index contributed by atoms with van der Waals surface area (Å²) in [6.07, 6.45) is 8.72. The first-order valence-electron chi connectivity index (χ1n) is 10.9. The minimum Gasteiger partial charge on any atom is -0.403 e. The van der Waals surface area contributed by atoms with Crippen molar-refractivity contribution >= 4 is 29.5 Å². The highest BCUT2D eigenvalue weighted by molar-refractivity contribution is 5.99. The van der Waals surface area contributed by atoms with Gasteiger partial charge in [-0.2, -0.15) is 0 Å². The molecular formula is C24H29FN6O2. The molecule has 1 aromatic carbocycles. The molecule has 8 nitrogen and oxygen atoms in total. The Morgan fingerprint density at radius 3 is 2.73 bits per heavy atom. The molecule has 1 aliphatic carbocycles. The minimum atomic E-state index is -0.712. The van der Waals surface area contributed by atoms with Crippen molar-refractivity contribution in [3.63, 3.8) is 0 Å². The summed E-state index contributed by atoms with van der Waals surface area (Å²) in [5.41, 5.74) is 6.93. The second-order valence-corrected chi connectivity index (χ2v) is 7.98. The Balaban J connectivity index is 1.72. The first kappa shape index (κ1) is 23.9. The highest BCUT2D eigenvalue weighted by Gasteiger charge is 2.27. The maximum absolute atomic E-state index is 13.1. The number of halogens is 1. The first-order valence-corrected chi connectivity index (χ1v) is 10.9. The van der Waals surface area contributed by atoms with Crippen LogP contribution in [0.15, 0.2) is 59.5 Å². The van der Waals surface area contributed by atoms with Crippen molar-refractivity contribution in [3.8, 4) is 0 Å². The standard InChI is InChI=1S/C24H29FN6O2/c1-27-15-20(13-26)30-24(33)21(11-16-5-2-3-6-16)31-23(32)17-7-4-8-19(12-17)29-22-10-9-18(25)14-28-22/h4,7-10,12-16,21H,2-3,5-6,11,26H2,1H3,(H,28,29)(H,30,33)(H,31,32)/b20-13+,27-15?. The molecule has 1 unspecified atom stereocenters. The Kier molecular flexibility index (Phi) is 8.51. The Morgan fingerprint density at radius 2 is 2.06 bits per heavy atom. The Morgan fingerprint density at radius 1 is 1.27 bits per heavy atom. The molecule has 2 amide bonds. The van der Waals surface area contributed by atoms with Gasteiger partial charge in [-0.05, 0) is 42.7 Å². The highest BCUT2D eigenvalue weighted by Crippen LogP contribution is 2.29. The number of amides is 2. The second kappa shape index (κ2) is 11.8. The number of aliphatic imine (C=N–C) groups is 1. The molecule has 1 saturated carbocycles. The van der Waals surface area contributed by atoms with Crippen LogP contribution in [0.3, 0.4) is 0 Å². The van der Waals surface area contributed by atoms with Crippen LogP contribution in [0.2, 0.25) is 0 Å². The zero-order valence-electron chi connectivity index (χ0n) is 18.6. The molecule has 1 heterocycles. The summed E-state index contributed by atoms with van der Waals surface area (Å²) in [5.74, 6) is -0.309. The normalized spacial score (nSPS) is 15.4. The van der Waals surface area contributed by atoms with Gasteiger partial charge in [0.05, 0.1) is 11.9 Å². The van der Waals surface area contributed by atoms with Gasteiger partial charge in [-0.25, -0.2) is 9.37 Å². The molecular weight excluding hydrogens is 423 g/mol. The summed E-state index contributed by atoms with van der Waals surface area (Å²) < 4.78 is 13.1. The second-order valence-electron chi connectivity index (χ2n) is 7.98. The lowest BCUT2D eigenvalue weighted by Crippen LogP contribution is -2.47. The van der Waals surface area contributed by atoms with Gasteiger partial charge in [0.1, 0.15) is 17.7 Å². The molecule has 9 heteroatoms. The zero-order chi connectivity index (χ0) is 23.6. The van der Waals surface area contributed by atoms with E-state index in [4.69, 9.17) is 5.73 Å². The van der Waals surface area contributed by atoms with Crippen molar-refractivity contribution in [2.75, 3.05) is 12.4 Å². The van der Waals surface area contributed by atoms with Gasteiger partial charge in [0.25, 0.3) is 5.91 Å². The molecule has 1 atom stereocenters. The quantitative estimate of drug-likeness (QED) is 0.435. The van der Waals surface area contributed by atoms with Crippen molar-refractivity contribution in [1.82, 2.24) is 15.6 Å². The van der Waals surface area contributed by atoms with E-state index in [9.17, 15) is 14.0 Å². The molecule has 0 spiro atoms. The highest BCUT2D eigenvalue weighted by atomic mass is 19.1. The van der Waals surface area contributed by atoms with Crippen molar-refractivity contribution in [2.24, 2.45) is 16.6 Å². The number of hydrogen-bond donors (Lipinski definition) is 4. The van der Waals surface area contributed by atoms with Crippen LogP contribution in [0.1, 0.15) is 42.5 Å². The van der Waals surface area contributed by atoms with Gasteiger partial charge >= 0.3 is 0 Å². The SMILES string of the molecule is CN=C/C(=C\N)NC(=O)C(CC1CCCC1)NC(=O)c1cccc(Nc2ccc(F)cn2)c1. The summed E-state index contributed by atoms with van der Waals surface area (Å²) in [4.78, 5) is 33.8. The van der Waals surface area contributed by atoms with E-state index in [1.54, 1.807) is 31.3 Å². The summed E-state index contributed by atoms with van der Waals surface area (Å²) in [7, 11) is 1.58. The maximum Gasteiger partial charge on any atom is 0.252 e. The number of carbonyl (C=O) groups excluding carboxylic acids is 2. The summed E-state index contributed by atoms with van der Waals surface area (Å²) in [6, 6.07) is 8.90. The van der Waals surface area contributed by atoms with E-state index in [1.165, 1.54) is 24.5 Å². The van der Waals surface area contributed by atoms with E-state index >= 15 is 0 Å². The van der Waals surface area contributed by atoms with Crippen molar-refractivity contribution in [3.05, 3.63) is 65.9 Å². The van der Waals surface area contributed by atoms with Gasteiger partial charge in [0, 0.05) is 30.7 Å². The van der Waals surface area contributed by atoms with Gasteiger partial charge in [0.15, 0.2) is 0 Å². The predicted octanol–water partition coefficient (Wildman–Crippen LogP) is 3.26. The van der Waals surface area contributed by atoms with Crippen LogP contribution in [0.5, 0.6) is 0 Å². The number of rotatable bonds is 9. The number of hydrogen-bond acceptors (Lipinski definition) is 6. The lowest BCUT2D eigenvalue weighted by atomic mass is 9.97. The predicted molar refractivity (Wildman–Crippen MR) is 127 cm³/mol. The maximum atomic E-state index is 13.1. The number of carbonyl (C=O) groups is 2. The average Bonchev–Trinajstić information content (AvgIpc) is 3.33. The minimum absolute atomic E-state index is 0.336. The Labute approximate surface area is 192 Å².